The fraction of sp³-hybridized carbons (Fsp3) is 0.143. The molecule has 0 unspecified atom stereocenters. The molecule has 0 aliphatic heterocycles. The molecule has 1 amide bonds. The molecule has 5 nitrogen and oxygen atoms in total. The van der Waals surface area contributed by atoms with E-state index in [1.54, 1.807) is 37.6 Å². The number of pyridine rings is 1. The van der Waals surface area contributed by atoms with Crippen molar-refractivity contribution in [3.8, 4) is 5.75 Å². The number of hydrogen-bond acceptors (Lipinski definition) is 4. The lowest BCUT2D eigenvalue weighted by Gasteiger charge is -2.09. The third-order valence-corrected chi connectivity index (χ3v) is 2.62. The Morgan fingerprint density at radius 2 is 2.11 bits per heavy atom. The lowest BCUT2D eigenvalue weighted by molar-refractivity contribution is 0.102. The van der Waals surface area contributed by atoms with Gasteiger partial charge in [-0.25, -0.2) is 0 Å². The maximum Gasteiger partial charge on any atom is 0.257 e. The minimum absolute atomic E-state index is 0.222. The summed E-state index contributed by atoms with van der Waals surface area (Å²) in [6.07, 6.45) is 3.22. The number of carbonyl (C=O) groups excluding carboxylic acids is 1. The van der Waals surface area contributed by atoms with Gasteiger partial charge in [0.15, 0.2) is 0 Å². The SMILES string of the molecule is COc1ccc(NC(=O)c2cncc(C)c2)cc1N. The van der Waals surface area contributed by atoms with E-state index >= 15 is 0 Å². The van der Waals surface area contributed by atoms with Crippen molar-refractivity contribution in [3.63, 3.8) is 0 Å². The third-order valence-electron chi connectivity index (χ3n) is 2.62. The fourth-order valence-corrected chi connectivity index (χ4v) is 1.69. The van der Waals surface area contributed by atoms with E-state index in [1.807, 2.05) is 6.92 Å². The molecule has 1 aromatic heterocycles. The van der Waals surface area contributed by atoms with Gasteiger partial charge in [0.05, 0.1) is 18.4 Å². The Kier molecular flexibility index (Phi) is 3.66. The smallest absolute Gasteiger partial charge is 0.257 e. The maximum absolute atomic E-state index is 12.0. The van der Waals surface area contributed by atoms with Gasteiger partial charge < -0.3 is 15.8 Å². The predicted molar refractivity (Wildman–Crippen MR) is 74.3 cm³/mol. The van der Waals surface area contributed by atoms with Crippen LogP contribution in [0.25, 0.3) is 0 Å². The Morgan fingerprint density at radius 1 is 1.32 bits per heavy atom. The number of nitrogen functional groups attached to an aromatic ring is 1. The van der Waals surface area contributed by atoms with Crippen LogP contribution in [0.1, 0.15) is 15.9 Å². The molecule has 2 aromatic rings. The molecule has 0 spiro atoms. The van der Waals surface area contributed by atoms with E-state index in [1.165, 1.54) is 6.20 Å². The first-order chi connectivity index (χ1) is 9.10. The van der Waals surface area contributed by atoms with Gasteiger partial charge in [-0.05, 0) is 36.8 Å². The molecular weight excluding hydrogens is 242 g/mol. The quantitative estimate of drug-likeness (QED) is 0.827. The first kappa shape index (κ1) is 12.9. The van der Waals surface area contributed by atoms with Gasteiger partial charge in [-0.3, -0.25) is 9.78 Å². The van der Waals surface area contributed by atoms with E-state index in [2.05, 4.69) is 10.3 Å². The summed E-state index contributed by atoms with van der Waals surface area (Å²) in [5.74, 6) is 0.357. The molecule has 0 bridgehead atoms. The average molecular weight is 257 g/mol. The van der Waals surface area contributed by atoms with E-state index in [0.29, 0.717) is 22.7 Å². The summed E-state index contributed by atoms with van der Waals surface area (Å²) in [5, 5.41) is 2.76. The summed E-state index contributed by atoms with van der Waals surface area (Å²) < 4.78 is 5.06. The highest BCUT2D eigenvalue weighted by Gasteiger charge is 2.08. The van der Waals surface area contributed by atoms with E-state index in [0.717, 1.165) is 5.56 Å². The van der Waals surface area contributed by atoms with E-state index in [4.69, 9.17) is 10.5 Å². The summed E-state index contributed by atoms with van der Waals surface area (Å²) in [5.41, 5.74) is 8.31. The van der Waals surface area contributed by atoms with Crippen molar-refractivity contribution < 1.29 is 9.53 Å². The van der Waals surface area contributed by atoms with Crippen molar-refractivity contribution in [1.29, 1.82) is 0 Å². The van der Waals surface area contributed by atoms with Gasteiger partial charge in [-0.15, -0.1) is 0 Å². The molecule has 2 rings (SSSR count). The Hall–Kier alpha value is -2.56. The van der Waals surface area contributed by atoms with Crippen LogP contribution in [0.3, 0.4) is 0 Å². The lowest BCUT2D eigenvalue weighted by atomic mass is 10.2. The highest BCUT2D eigenvalue weighted by Crippen LogP contribution is 2.24. The molecule has 0 saturated heterocycles. The number of nitrogens with zero attached hydrogens (tertiary/aromatic N) is 1. The summed E-state index contributed by atoms with van der Waals surface area (Å²) in [6, 6.07) is 6.87. The standard InChI is InChI=1S/C14H15N3O2/c1-9-5-10(8-16-7-9)14(18)17-11-3-4-13(19-2)12(15)6-11/h3-8H,15H2,1-2H3,(H,17,18). The number of amides is 1. The Bertz CT molecular complexity index is 611. The monoisotopic (exact) mass is 257 g/mol. The van der Waals surface area contributed by atoms with Crippen LogP contribution in [0.5, 0.6) is 5.75 Å². The van der Waals surface area contributed by atoms with Crippen molar-refractivity contribution in [3.05, 3.63) is 47.8 Å². The number of hydrogen-bond donors (Lipinski definition) is 2. The number of carbonyl (C=O) groups is 1. The number of rotatable bonds is 3. The van der Waals surface area contributed by atoms with Crippen LogP contribution in [-0.4, -0.2) is 18.0 Å². The highest BCUT2D eigenvalue weighted by molar-refractivity contribution is 6.04. The molecule has 1 heterocycles. The largest absolute Gasteiger partial charge is 0.495 e. The zero-order chi connectivity index (χ0) is 13.8. The predicted octanol–water partition coefficient (Wildman–Crippen LogP) is 2.23. The van der Waals surface area contributed by atoms with Crippen molar-refractivity contribution in [2.45, 2.75) is 6.92 Å². The molecule has 3 N–H and O–H groups in total. The maximum atomic E-state index is 12.0. The van der Waals surface area contributed by atoms with Crippen molar-refractivity contribution in [2.75, 3.05) is 18.2 Å². The number of methoxy groups -OCH3 is 1. The summed E-state index contributed by atoms with van der Waals surface area (Å²) in [4.78, 5) is 16.0. The van der Waals surface area contributed by atoms with Crippen LogP contribution < -0.4 is 15.8 Å². The number of benzene rings is 1. The van der Waals surface area contributed by atoms with Gasteiger partial charge in [0.25, 0.3) is 5.91 Å². The van der Waals surface area contributed by atoms with Crippen LogP contribution in [0.4, 0.5) is 11.4 Å². The van der Waals surface area contributed by atoms with Crippen LogP contribution in [0.15, 0.2) is 36.7 Å². The molecule has 0 saturated carbocycles. The van der Waals surface area contributed by atoms with Gasteiger partial charge in [-0.2, -0.15) is 0 Å². The molecule has 19 heavy (non-hydrogen) atoms. The average Bonchev–Trinajstić information content (AvgIpc) is 2.39. The fourth-order valence-electron chi connectivity index (χ4n) is 1.69. The molecule has 5 heteroatoms. The number of aryl methyl sites for hydroxylation is 1. The van der Waals surface area contributed by atoms with Crippen LogP contribution in [0.2, 0.25) is 0 Å². The molecule has 0 aliphatic carbocycles. The zero-order valence-corrected chi connectivity index (χ0v) is 10.8. The Labute approximate surface area is 111 Å². The number of nitrogens with one attached hydrogen (secondary N) is 1. The first-order valence-corrected chi connectivity index (χ1v) is 5.76. The lowest BCUT2D eigenvalue weighted by Crippen LogP contribution is -2.12. The van der Waals surface area contributed by atoms with E-state index in [-0.39, 0.29) is 5.91 Å². The van der Waals surface area contributed by atoms with Crippen molar-refractivity contribution in [2.24, 2.45) is 0 Å². The number of ether oxygens (including phenoxy) is 1. The normalized spacial score (nSPS) is 10.0. The van der Waals surface area contributed by atoms with Gasteiger partial charge in [0, 0.05) is 18.1 Å². The van der Waals surface area contributed by atoms with E-state index < -0.39 is 0 Å². The molecule has 1 aromatic carbocycles. The molecule has 0 aliphatic rings. The highest BCUT2D eigenvalue weighted by atomic mass is 16.5. The minimum atomic E-state index is -0.222. The van der Waals surface area contributed by atoms with Gasteiger partial charge in [0.1, 0.15) is 5.75 Å². The molecular formula is C14H15N3O2. The van der Waals surface area contributed by atoms with E-state index in [9.17, 15) is 4.79 Å². The van der Waals surface area contributed by atoms with Gasteiger partial charge >= 0.3 is 0 Å². The second kappa shape index (κ2) is 5.39. The summed E-state index contributed by atoms with van der Waals surface area (Å²) >= 11 is 0. The molecule has 98 valence electrons. The molecule has 0 atom stereocenters. The minimum Gasteiger partial charge on any atom is -0.495 e. The van der Waals surface area contributed by atoms with Crippen molar-refractivity contribution >= 4 is 17.3 Å². The number of nitrogens with two attached hydrogens (primary N) is 1. The second-order valence-electron chi connectivity index (χ2n) is 4.16. The van der Waals surface area contributed by atoms with Crippen molar-refractivity contribution in [1.82, 2.24) is 4.98 Å². The molecule has 0 fully saturated rings. The topological polar surface area (TPSA) is 77.2 Å². The summed E-state index contributed by atoms with van der Waals surface area (Å²) in [7, 11) is 1.54. The van der Waals surface area contributed by atoms with Crippen LogP contribution in [0, 0.1) is 6.92 Å². The number of aromatic nitrogens is 1. The van der Waals surface area contributed by atoms with Gasteiger partial charge in [0.2, 0.25) is 0 Å². The summed E-state index contributed by atoms with van der Waals surface area (Å²) in [6.45, 7) is 1.88. The molecule has 0 radical (unpaired) electrons. The Balaban J connectivity index is 2.17. The van der Waals surface area contributed by atoms with Crippen LogP contribution in [-0.2, 0) is 0 Å². The third kappa shape index (κ3) is 3.01. The first-order valence-electron chi connectivity index (χ1n) is 5.76. The number of anilines is 2. The van der Waals surface area contributed by atoms with Crippen LogP contribution >= 0.6 is 0 Å². The zero-order valence-electron chi connectivity index (χ0n) is 10.8. The second-order valence-corrected chi connectivity index (χ2v) is 4.16. The van der Waals surface area contributed by atoms with Gasteiger partial charge in [-0.1, -0.05) is 0 Å². The Morgan fingerprint density at radius 3 is 2.74 bits per heavy atom.